The third-order valence-corrected chi connectivity index (χ3v) is 4.11. The predicted molar refractivity (Wildman–Crippen MR) is 90.0 cm³/mol. The van der Waals surface area contributed by atoms with Crippen LogP contribution in [0.25, 0.3) is 10.8 Å². The lowest BCUT2D eigenvalue weighted by atomic mass is 10.0. The zero-order valence-electron chi connectivity index (χ0n) is 11.2. The molecule has 104 valence electrons. The lowest BCUT2D eigenvalue weighted by Gasteiger charge is -2.24. The molecule has 0 atom stereocenters. The Bertz CT molecular complexity index is 697. The summed E-state index contributed by atoms with van der Waals surface area (Å²) in [7, 11) is 0. The van der Waals surface area contributed by atoms with E-state index in [9.17, 15) is 4.79 Å². The first-order valence-electron chi connectivity index (χ1n) is 6.11. The number of carbonyl (C=O) groups excluding carboxylic acids is 1. The van der Waals surface area contributed by atoms with Crippen LogP contribution in [0.1, 0.15) is 24.2 Å². The molecule has 0 saturated carbocycles. The van der Waals surface area contributed by atoms with Crippen LogP contribution in [0.4, 0.5) is 0 Å². The first kappa shape index (κ1) is 14.9. The van der Waals surface area contributed by atoms with Gasteiger partial charge in [-0.2, -0.15) is 0 Å². The molecule has 0 heterocycles. The van der Waals surface area contributed by atoms with Crippen LogP contribution in [0.2, 0.25) is 0 Å². The van der Waals surface area contributed by atoms with E-state index in [1.54, 1.807) is 19.9 Å². The van der Waals surface area contributed by atoms with Crippen molar-refractivity contribution in [3.8, 4) is 0 Å². The van der Waals surface area contributed by atoms with E-state index in [4.69, 9.17) is 18.0 Å². The molecule has 3 nitrogen and oxygen atoms in total. The predicted octanol–water partition coefficient (Wildman–Crippen LogP) is 3.40. The third-order valence-electron chi connectivity index (χ3n) is 3.11. The fraction of sp³-hybridized carbons (Fsp3) is 0.200. The Hall–Kier alpha value is -1.46. The van der Waals surface area contributed by atoms with Crippen molar-refractivity contribution in [2.45, 2.75) is 19.4 Å². The zero-order valence-corrected chi connectivity index (χ0v) is 13.6. The molecular weight excluding hydrogens is 336 g/mol. The van der Waals surface area contributed by atoms with Crippen LogP contribution < -0.4 is 11.1 Å². The van der Waals surface area contributed by atoms with Crippen molar-refractivity contribution in [2.75, 3.05) is 0 Å². The molecule has 0 radical (unpaired) electrons. The molecule has 0 bridgehead atoms. The van der Waals surface area contributed by atoms with Gasteiger partial charge in [0.15, 0.2) is 0 Å². The van der Waals surface area contributed by atoms with Gasteiger partial charge in [-0.15, -0.1) is 0 Å². The minimum Gasteiger partial charge on any atom is -0.391 e. The van der Waals surface area contributed by atoms with E-state index in [0.717, 1.165) is 15.2 Å². The van der Waals surface area contributed by atoms with Crippen LogP contribution in [-0.4, -0.2) is 16.4 Å². The molecule has 0 spiro atoms. The maximum atomic E-state index is 12.2. The van der Waals surface area contributed by atoms with Crippen molar-refractivity contribution < 1.29 is 4.79 Å². The summed E-state index contributed by atoms with van der Waals surface area (Å²) >= 11 is 8.38. The van der Waals surface area contributed by atoms with Gasteiger partial charge in [0, 0.05) is 10.0 Å². The minimum absolute atomic E-state index is 0.187. The highest BCUT2D eigenvalue weighted by Crippen LogP contribution is 2.21. The van der Waals surface area contributed by atoms with Crippen LogP contribution in [0, 0.1) is 0 Å². The lowest BCUT2D eigenvalue weighted by Crippen LogP contribution is -2.52. The summed E-state index contributed by atoms with van der Waals surface area (Å²) in [5.74, 6) is -0.187. The van der Waals surface area contributed by atoms with Gasteiger partial charge in [-0.05, 0) is 48.9 Å². The fourth-order valence-electron chi connectivity index (χ4n) is 1.78. The van der Waals surface area contributed by atoms with Crippen molar-refractivity contribution >= 4 is 49.8 Å². The van der Waals surface area contributed by atoms with E-state index in [-0.39, 0.29) is 10.9 Å². The van der Waals surface area contributed by atoms with Crippen LogP contribution in [0.5, 0.6) is 0 Å². The number of benzene rings is 2. The highest BCUT2D eigenvalue weighted by Gasteiger charge is 2.24. The molecule has 20 heavy (non-hydrogen) atoms. The molecule has 2 aromatic carbocycles. The van der Waals surface area contributed by atoms with Crippen LogP contribution >= 0.6 is 28.1 Å². The average molecular weight is 351 g/mol. The monoisotopic (exact) mass is 350 g/mol. The normalized spacial score (nSPS) is 11.3. The molecule has 0 unspecified atom stereocenters. The molecule has 2 rings (SSSR count). The standard InChI is InChI=1S/C15H15BrN2OS/c1-15(2,14(17)20)18-13(19)11-4-3-10-8-12(16)6-5-9(10)7-11/h3-8H,1-2H3,(H2,17,20)(H,18,19). The average Bonchev–Trinajstić information content (AvgIpc) is 2.37. The van der Waals surface area contributed by atoms with Gasteiger partial charge >= 0.3 is 0 Å². The van der Waals surface area contributed by atoms with Gasteiger partial charge in [0.05, 0.1) is 10.5 Å². The molecule has 0 aromatic heterocycles. The second kappa shape index (κ2) is 5.50. The number of rotatable bonds is 3. The number of hydrogen-bond acceptors (Lipinski definition) is 2. The van der Waals surface area contributed by atoms with Gasteiger partial charge < -0.3 is 11.1 Å². The van der Waals surface area contributed by atoms with Crippen LogP contribution in [0.15, 0.2) is 40.9 Å². The summed E-state index contributed by atoms with van der Waals surface area (Å²) in [6.45, 7) is 3.57. The molecule has 0 aliphatic carbocycles. The number of halogens is 1. The Morgan fingerprint density at radius 1 is 1.20 bits per heavy atom. The number of fused-ring (bicyclic) bond motifs is 1. The first-order chi connectivity index (χ1) is 9.29. The molecular formula is C15H15BrN2OS. The minimum atomic E-state index is -0.707. The molecule has 0 aliphatic heterocycles. The summed E-state index contributed by atoms with van der Waals surface area (Å²) in [6.07, 6.45) is 0. The molecule has 5 heteroatoms. The number of carbonyl (C=O) groups is 1. The van der Waals surface area contributed by atoms with E-state index in [1.165, 1.54) is 0 Å². The highest BCUT2D eigenvalue weighted by atomic mass is 79.9. The second-order valence-corrected chi connectivity index (χ2v) is 6.51. The second-order valence-electron chi connectivity index (χ2n) is 5.15. The Labute approximate surface area is 131 Å². The largest absolute Gasteiger partial charge is 0.391 e. The molecule has 2 aromatic rings. The quantitative estimate of drug-likeness (QED) is 0.834. The van der Waals surface area contributed by atoms with E-state index in [0.29, 0.717) is 5.56 Å². The van der Waals surface area contributed by atoms with E-state index >= 15 is 0 Å². The van der Waals surface area contributed by atoms with Gasteiger partial charge in [0.1, 0.15) is 0 Å². The van der Waals surface area contributed by atoms with Crippen molar-refractivity contribution in [3.63, 3.8) is 0 Å². The van der Waals surface area contributed by atoms with E-state index < -0.39 is 5.54 Å². The number of nitrogens with two attached hydrogens (primary N) is 1. The van der Waals surface area contributed by atoms with Crippen LogP contribution in [0.3, 0.4) is 0 Å². The summed E-state index contributed by atoms with van der Waals surface area (Å²) in [4.78, 5) is 12.5. The van der Waals surface area contributed by atoms with Gasteiger partial charge in [-0.3, -0.25) is 4.79 Å². The summed E-state index contributed by atoms with van der Waals surface area (Å²) in [6, 6.07) is 11.5. The van der Waals surface area contributed by atoms with Crippen molar-refractivity contribution in [1.29, 1.82) is 0 Å². The molecule has 1 amide bonds. The number of thiocarbonyl (C=S) groups is 1. The molecule has 0 saturated heterocycles. The van der Waals surface area contributed by atoms with Crippen LogP contribution in [-0.2, 0) is 0 Å². The number of hydrogen-bond donors (Lipinski definition) is 2. The van der Waals surface area contributed by atoms with Crippen molar-refractivity contribution in [3.05, 3.63) is 46.4 Å². The summed E-state index contributed by atoms with van der Waals surface area (Å²) in [5, 5.41) is 4.92. The summed E-state index contributed by atoms with van der Waals surface area (Å²) in [5.41, 5.74) is 5.50. The van der Waals surface area contributed by atoms with E-state index in [1.807, 2.05) is 30.3 Å². The lowest BCUT2D eigenvalue weighted by molar-refractivity contribution is 0.0932. The SMILES string of the molecule is CC(C)(NC(=O)c1ccc2cc(Br)ccc2c1)C(N)=S. The smallest absolute Gasteiger partial charge is 0.252 e. The van der Waals surface area contributed by atoms with Gasteiger partial charge in [-0.1, -0.05) is 40.3 Å². The van der Waals surface area contributed by atoms with Crippen molar-refractivity contribution in [1.82, 2.24) is 5.32 Å². The highest BCUT2D eigenvalue weighted by molar-refractivity contribution is 9.10. The van der Waals surface area contributed by atoms with E-state index in [2.05, 4.69) is 21.2 Å². The number of amides is 1. The van der Waals surface area contributed by atoms with Gasteiger partial charge in [-0.25, -0.2) is 0 Å². The Balaban J connectivity index is 2.31. The molecule has 0 fully saturated rings. The molecule has 3 N–H and O–H groups in total. The number of nitrogens with one attached hydrogen (secondary N) is 1. The summed E-state index contributed by atoms with van der Waals surface area (Å²) < 4.78 is 1.01. The Kier molecular flexibility index (Phi) is 4.11. The zero-order chi connectivity index (χ0) is 14.9. The Morgan fingerprint density at radius 2 is 1.80 bits per heavy atom. The maximum absolute atomic E-state index is 12.2. The van der Waals surface area contributed by atoms with Gasteiger partial charge in [0.2, 0.25) is 0 Å². The molecule has 0 aliphatic rings. The topological polar surface area (TPSA) is 55.1 Å². The maximum Gasteiger partial charge on any atom is 0.252 e. The first-order valence-corrected chi connectivity index (χ1v) is 7.31. The van der Waals surface area contributed by atoms with Crippen molar-refractivity contribution in [2.24, 2.45) is 5.73 Å². The third kappa shape index (κ3) is 3.16. The fourth-order valence-corrected chi connectivity index (χ4v) is 2.21. The Morgan fingerprint density at radius 3 is 2.45 bits per heavy atom. The van der Waals surface area contributed by atoms with Gasteiger partial charge in [0.25, 0.3) is 5.91 Å².